The number of carbonyl (C=O) groups excluding carboxylic acids is 1. The SMILES string of the molecule is CCOC(=O)c1ccccc1Nc1nncc(Nc2ccc(OC)c(OC)c2)n1. The number of hydrogen-bond acceptors (Lipinski definition) is 9. The van der Waals surface area contributed by atoms with Crippen LogP contribution < -0.4 is 20.1 Å². The first-order valence-corrected chi connectivity index (χ1v) is 8.86. The molecule has 3 aromatic rings. The zero-order valence-electron chi connectivity index (χ0n) is 16.3. The van der Waals surface area contributed by atoms with Crippen molar-refractivity contribution in [1.82, 2.24) is 15.2 Å². The van der Waals surface area contributed by atoms with E-state index in [-0.39, 0.29) is 12.6 Å². The topological polar surface area (TPSA) is 107 Å². The van der Waals surface area contributed by atoms with E-state index < -0.39 is 5.97 Å². The van der Waals surface area contributed by atoms with Crippen LogP contribution in [0.15, 0.2) is 48.7 Å². The fourth-order valence-electron chi connectivity index (χ4n) is 2.58. The third-order valence-electron chi connectivity index (χ3n) is 3.88. The van der Waals surface area contributed by atoms with Crippen molar-refractivity contribution in [3.8, 4) is 11.5 Å². The van der Waals surface area contributed by atoms with Gasteiger partial charge in [0, 0.05) is 11.8 Å². The highest BCUT2D eigenvalue weighted by molar-refractivity contribution is 5.96. The molecular weight excluding hydrogens is 374 g/mol. The summed E-state index contributed by atoms with van der Waals surface area (Å²) in [5.41, 5.74) is 1.65. The molecule has 0 radical (unpaired) electrons. The molecule has 29 heavy (non-hydrogen) atoms. The number of anilines is 4. The van der Waals surface area contributed by atoms with Crippen LogP contribution in [0.25, 0.3) is 0 Å². The molecule has 3 rings (SSSR count). The lowest BCUT2D eigenvalue weighted by molar-refractivity contribution is 0.0527. The standard InChI is InChI=1S/C20H21N5O4/c1-4-29-19(26)14-7-5-6-8-15(14)23-20-24-18(12-21-25-20)22-13-9-10-16(27-2)17(11-13)28-3/h5-12H,4H2,1-3H3,(H2,22,23,24,25). The first kappa shape index (κ1) is 19.9. The molecular formula is C20H21N5O4. The van der Waals surface area contributed by atoms with Crippen molar-refractivity contribution in [3.63, 3.8) is 0 Å². The maximum absolute atomic E-state index is 12.1. The molecule has 0 saturated heterocycles. The van der Waals surface area contributed by atoms with Crippen molar-refractivity contribution < 1.29 is 19.0 Å². The molecule has 1 heterocycles. The quantitative estimate of drug-likeness (QED) is 0.554. The van der Waals surface area contributed by atoms with Crippen LogP contribution in [0.3, 0.4) is 0 Å². The first-order valence-electron chi connectivity index (χ1n) is 8.86. The number of esters is 1. The van der Waals surface area contributed by atoms with E-state index in [9.17, 15) is 4.79 Å². The Bertz CT molecular complexity index is 996. The largest absolute Gasteiger partial charge is 0.493 e. The van der Waals surface area contributed by atoms with E-state index in [2.05, 4.69) is 25.8 Å². The Morgan fingerprint density at radius 3 is 2.59 bits per heavy atom. The summed E-state index contributed by atoms with van der Waals surface area (Å²) in [5.74, 6) is 1.47. The number of carbonyl (C=O) groups is 1. The fourth-order valence-corrected chi connectivity index (χ4v) is 2.58. The summed E-state index contributed by atoms with van der Waals surface area (Å²) in [6.07, 6.45) is 1.49. The van der Waals surface area contributed by atoms with Gasteiger partial charge in [0.2, 0.25) is 5.95 Å². The molecule has 2 aromatic carbocycles. The van der Waals surface area contributed by atoms with Gasteiger partial charge < -0.3 is 24.8 Å². The normalized spacial score (nSPS) is 10.2. The minimum atomic E-state index is -0.428. The second-order valence-corrected chi connectivity index (χ2v) is 5.75. The van der Waals surface area contributed by atoms with Gasteiger partial charge in [-0.3, -0.25) is 0 Å². The summed E-state index contributed by atoms with van der Waals surface area (Å²) in [4.78, 5) is 16.5. The van der Waals surface area contributed by atoms with E-state index in [4.69, 9.17) is 14.2 Å². The van der Waals surface area contributed by atoms with E-state index in [0.29, 0.717) is 28.6 Å². The minimum Gasteiger partial charge on any atom is -0.493 e. The summed E-state index contributed by atoms with van der Waals surface area (Å²) in [7, 11) is 3.14. The summed E-state index contributed by atoms with van der Waals surface area (Å²) in [6, 6.07) is 12.3. The van der Waals surface area contributed by atoms with Gasteiger partial charge in [0.1, 0.15) is 0 Å². The molecule has 0 aliphatic carbocycles. The molecule has 0 unspecified atom stereocenters. The van der Waals surface area contributed by atoms with E-state index in [1.165, 1.54) is 6.20 Å². The first-order chi connectivity index (χ1) is 14.1. The third-order valence-corrected chi connectivity index (χ3v) is 3.88. The predicted molar refractivity (Wildman–Crippen MR) is 108 cm³/mol. The summed E-state index contributed by atoms with van der Waals surface area (Å²) in [5, 5.41) is 14.1. The van der Waals surface area contributed by atoms with Crippen LogP contribution in [0.1, 0.15) is 17.3 Å². The molecule has 2 N–H and O–H groups in total. The third kappa shape index (κ3) is 4.89. The molecule has 0 spiro atoms. The van der Waals surface area contributed by atoms with E-state index in [1.54, 1.807) is 57.5 Å². The molecule has 9 nitrogen and oxygen atoms in total. The van der Waals surface area contributed by atoms with Gasteiger partial charge in [0.25, 0.3) is 0 Å². The van der Waals surface area contributed by atoms with Gasteiger partial charge in [-0.1, -0.05) is 12.1 Å². The van der Waals surface area contributed by atoms with Gasteiger partial charge in [-0.15, -0.1) is 5.10 Å². The average Bonchev–Trinajstić information content (AvgIpc) is 2.74. The molecule has 0 fully saturated rings. The number of rotatable bonds is 8. The number of hydrogen-bond donors (Lipinski definition) is 2. The predicted octanol–water partition coefficient (Wildman–Crippen LogP) is 3.55. The molecule has 0 saturated carbocycles. The Labute approximate surface area is 168 Å². The maximum atomic E-state index is 12.1. The second-order valence-electron chi connectivity index (χ2n) is 5.75. The zero-order valence-corrected chi connectivity index (χ0v) is 16.3. The smallest absolute Gasteiger partial charge is 0.340 e. The van der Waals surface area contributed by atoms with Crippen LogP contribution in [0, 0.1) is 0 Å². The van der Waals surface area contributed by atoms with Gasteiger partial charge in [0.05, 0.1) is 38.3 Å². The number of ether oxygens (including phenoxy) is 3. The van der Waals surface area contributed by atoms with Crippen molar-refractivity contribution in [2.24, 2.45) is 0 Å². The Balaban J connectivity index is 1.80. The van der Waals surface area contributed by atoms with Crippen molar-refractivity contribution in [1.29, 1.82) is 0 Å². The van der Waals surface area contributed by atoms with Gasteiger partial charge in [-0.25, -0.2) is 4.79 Å². The Kier molecular flexibility index (Phi) is 6.41. The van der Waals surface area contributed by atoms with Gasteiger partial charge in [0.15, 0.2) is 17.3 Å². The van der Waals surface area contributed by atoms with Crippen LogP contribution >= 0.6 is 0 Å². The lowest BCUT2D eigenvalue weighted by Gasteiger charge is -2.12. The van der Waals surface area contributed by atoms with Crippen LogP contribution in [0.4, 0.5) is 23.1 Å². The number of benzene rings is 2. The lowest BCUT2D eigenvalue weighted by atomic mass is 10.2. The average molecular weight is 395 g/mol. The number of para-hydroxylation sites is 1. The summed E-state index contributed by atoms with van der Waals surface area (Å²) < 4.78 is 15.6. The molecule has 0 aliphatic heterocycles. The molecule has 0 bridgehead atoms. The summed E-state index contributed by atoms with van der Waals surface area (Å²) >= 11 is 0. The lowest BCUT2D eigenvalue weighted by Crippen LogP contribution is -2.09. The fraction of sp³-hybridized carbons (Fsp3) is 0.200. The highest BCUT2D eigenvalue weighted by Crippen LogP contribution is 2.31. The molecule has 0 amide bonds. The maximum Gasteiger partial charge on any atom is 0.340 e. The van der Waals surface area contributed by atoms with Gasteiger partial charge in [-0.2, -0.15) is 10.1 Å². The van der Waals surface area contributed by atoms with E-state index in [1.807, 2.05) is 6.07 Å². The second kappa shape index (κ2) is 9.36. The molecule has 0 atom stereocenters. The molecule has 150 valence electrons. The number of nitrogens with zero attached hydrogens (tertiary/aromatic N) is 3. The minimum absolute atomic E-state index is 0.229. The Hall–Kier alpha value is -3.88. The van der Waals surface area contributed by atoms with E-state index in [0.717, 1.165) is 5.69 Å². The highest BCUT2D eigenvalue weighted by atomic mass is 16.5. The monoisotopic (exact) mass is 395 g/mol. The van der Waals surface area contributed by atoms with Crippen LogP contribution in [-0.4, -0.2) is 42.0 Å². The van der Waals surface area contributed by atoms with Crippen molar-refractivity contribution in [3.05, 3.63) is 54.2 Å². The van der Waals surface area contributed by atoms with Crippen molar-refractivity contribution >= 4 is 29.1 Å². The highest BCUT2D eigenvalue weighted by Gasteiger charge is 2.13. The number of methoxy groups -OCH3 is 2. The van der Waals surface area contributed by atoms with Crippen LogP contribution in [0.5, 0.6) is 11.5 Å². The molecule has 9 heteroatoms. The number of aromatic nitrogens is 3. The summed E-state index contributed by atoms with van der Waals surface area (Å²) in [6.45, 7) is 2.04. The Morgan fingerprint density at radius 2 is 1.83 bits per heavy atom. The van der Waals surface area contributed by atoms with Crippen LogP contribution in [0.2, 0.25) is 0 Å². The Morgan fingerprint density at radius 1 is 1.03 bits per heavy atom. The zero-order chi connectivity index (χ0) is 20.6. The number of nitrogens with one attached hydrogen (secondary N) is 2. The van der Waals surface area contributed by atoms with Gasteiger partial charge in [-0.05, 0) is 31.2 Å². The molecule has 1 aromatic heterocycles. The van der Waals surface area contributed by atoms with E-state index >= 15 is 0 Å². The van der Waals surface area contributed by atoms with Gasteiger partial charge >= 0.3 is 5.97 Å². The molecule has 0 aliphatic rings. The van der Waals surface area contributed by atoms with Crippen molar-refractivity contribution in [2.45, 2.75) is 6.92 Å². The van der Waals surface area contributed by atoms with Crippen molar-refractivity contribution in [2.75, 3.05) is 31.5 Å². The van der Waals surface area contributed by atoms with Crippen LogP contribution in [-0.2, 0) is 4.74 Å².